The Labute approximate surface area is 120 Å². The van der Waals surface area contributed by atoms with Crippen LogP contribution in [-0.2, 0) is 19.6 Å². The number of rotatable bonds is 3. The van der Waals surface area contributed by atoms with Gasteiger partial charge >= 0.3 is 10.8 Å². The molecule has 2 atom stereocenters. The maximum Gasteiger partial charge on any atom is 0.310 e. The zero-order chi connectivity index (χ0) is 15.1. The number of aromatic amines is 1. The smallest absolute Gasteiger partial charge is 0.310 e. The lowest BCUT2D eigenvalue weighted by molar-refractivity contribution is -0.145. The van der Waals surface area contributed by atoms with Crippen LogP contribution in [0, 0.1) is 18.8 Å². The molecule has 0 bridgehead atoms. The summed E-state index contributed by atoms with van der Waals surface area (Å²) in [6, 6.07) is 0. The summed E-state index contributed by atoms with van der Waals surface area (Å²) in [6.45, 7) is 3.68. The lowest BCUT2D eigenvalue weighted by Crippen LogP contribution is -2.30. The van der Waals surface area contributed by atoms with E-state index in [2.05, 4.69) is 9.72 Å². The molecule has 0 aromatic carbocycles. The standard InChI is InChI=1S/C11H16N2O5S2/c1-6-4-13(5-8(6)9(14)18-3)20(16,17)10-7(2)12-11(15)19-10/h6,8H,4-5H2,1-3H3,(H,12,15). The quantitative estimate of drug-likeness (QED) is 0.801. The van der Waals surface area contributed by atoms with E-state index in [9.17, 15) is 18.0 Å². The molecule has 2 rings (SSSR count). The first-order valence-corrected chi connectivity index (χ1v) is 8.30. The molecule has 2 unspecified atom stereocenters. The van der Waals surface area contributed by atoms with Gasteiger partial charge in [-0.2, -0.15) is 4.31 Å². The van der Waals surface area contributed by atoms with Crippen LogP contribution in [0.2, 0.25) is 0 Å². The van der Waals surface area contributed by atoms with Gasteiger partial charge in [0.05, 0.1) is 13.0 Å². The van der Waals surface area contributed by atoms with Crippen molar-refractivity contribution in [2.75, 3.05) is 20.2 Å². The Balaban J connectivity index is 2.31. The van der Waals surface area contributed by atoms with Crippen molar-refractivity contribution >= 4 is 27.3 Å². The number of carbonyl (C=O) groups excluding carboxylic acids is 1. The fraction of sp³-hybridized carbons (Fsp3) is 0.636. The number of thiazole rings is 1. The molecule has 0 amide bonds. The summed E-state index contributed by atoms with van der Waals surface area (Å²) in [5.41, 5.74) is 0.328. The topological polar surface area (TPSA) is 96.5 Å². The number of H-pyrrole nitrogens is 1. The molecule has 20 heavy (non-hydrogen) atoms. The number of hydrogen-bond acceptors (Lipinski definition) is 6. The van der Waals surface area contributed by atoms with Gasteiger partial charge in [0, 0.05) is 18.8 Å². The van der Waals surface area contributed by atoms with E-state index >= 15 is 0 Å². The van der Waals surface area contributed by atoms with Gasteiger partial charge in [-0.15, -0.1) is 0 Å². The number of esters is 1. The van der Waals surface area contributed by atoms with E-state index in [1.165, 1.54) is 11.4 Å². The zero-order valence-corrected chi connectivity index (χ0v) is 13.0. The molecule has 7 nitrogen and oxygen atoms in total. The molecule has 0 radical (unpaired) electrons. The minimum Gasteiger partial charge on any atom is -0.469 e. The molecule has 1 fully saturated rings. The second kappa shape index (κ2) is 5.30. The van der Waals surface area contributed by atoms with Crippen LogP contribution < -0.4 is 4.87 Å². The van der Waals surface area contributed by atoms with Crippen molar-refractivity contribution < 1.29 is 17.9 Å². The van der Waals surface area contributed by atoms with Crippen molar-refractivity contribution in [1.82, 2.24) is 9.29 Å². The van der Waals surface area contributed by atoms with Crippen molar-refractivity contribution in [3.63, 3.8) is 0 Å². The number of sulfonamides is 1. The molecular formula is C11H16N2O5S2. The van der Waals surface area contributed by atoms with Crippen LogP contribution >= 0.6 is 11.3 Å². The van der Waals surface area contributed by atoms with Gasteiger partial charge in [-0.05, 0) is 12.8 Å². The van der Waals surface area contributed by atoms with Crippen LogP contribution in [0.5, 0.6) is 0 Å². The Bertz CT molecular complexity index is 675. The highest BCUT2D eigenvalue weighted by molar-refractivity contribution is 7.91. The largest absolute Gasteiger partial charge is 0.469 e. The molecular weight excluding hydrogens is 304 g/mol. The molecule has 9 heteroatoms. The van der Waals surface area contributed by atoms with E-state index in [1.54, 1.807) is 6.92 Å². The van der Waals surface area contributed by atoms with Crippen LogP contribution in [0.25, 0.3) is 0 Å². The molecule has 1 aliphatic heterocycles. The molecule has 0 saturated carbocycles. The van der Waals surface area contributed by atoms with E-state index in [4.69, 9.17) is 0 Å². The molecule has 0 spiro atoms. The van der Waals surface area contributed by atoms with Crippen molar-refractivity contribution in [2.24, 2.45) is 11.8 Å². The molecule has 1 N–H and O–H groups in total. The number of methoxy groups -OCH3 is 1. The van der Waals surface area contributed by atoms with E-state index in [0.717, 1.165) is 0 Å². The molecule has 1 aromatic heterocycles. The number of nitrogens with one attached hydrogen (secondary N) is 1. The molecule has 0 aliphatic carbocycles. The normalized spacial score (nSPS) is 23.9. The summed E-state index contributed by atoms with van der Waals surface area (Å²) in [4.78, 5) is 24.9. The van der Waals surface area contributed by atoms with E-state index in [0.29, 0.717) is 17.0 Å². The maximum absolute atomic E-state index is 12.5. The summed E-state index contributed by atoms with van der Waals surface area (Å²) < 4.78 is 30.9. The van der Waals surface area contributed by atoms with Crippen molar-refractivity contribution in [3.8, 4) is 0 Å². The summed E-state index contributed by atoms with van der Waals surface area (Å²) in [5.74, 6) is -0.992. The monoisotopic (exact) mass is 320 g/mol. The predicted molar refractivity (Wildman–Crippen MR) is 73.1 cm³/mol. The number of aryl methyl sites for hydroxylation is 1. The maximum atomic E-state index is 12.5. The summed E-state index contributed by atoms with van der Waals surface area (Å²) in [6.07, 6.45) is 0. The average molecular weight is 320 g/mol. The Hall–Kier alpha value is -1.19. The number of nitrogens with zero attached hydrogens (tertiary/aromatic N) is 1. The Morgan fingerprint density at radius 1 is 1.45 bits per heavy atom. The molecule has 1 aliphatic rings. The summed E-state index contributed by atoms with van der Waals surface area (Å²) in [7, 11) is -2.46. The van der Waals surface area contributed by atoms with Gasteiger partial charge in [0.1, 0.15) is 0 Å². The average Bonchev–Trinajstić information content (AvgIpc) is 2.92. The SMILES string of the molecule is COC(=O)C1CN(S(=O)(=O)c2sc(=O)[nH]c2C)CC1C. The highest BCUT2D eigenvalue weighted by Crippen LogP contribution is 2.30. The number of hydrogen-bond donors (Lipinski definition) is 1. The first kappa shape index (κ1) is 15.2. The van der Waals surface area contributed by atoms with Crippen LogP contribution in [0.4, 0.5) is 0 Å². The fourth-order valence-corrected chi connectivity index (χ4v) is 5.33. The van der Waals surface area contributed by atoms with Gasteiger partial charge in [0.15, 0.2) is 4.21 Å². The first-order valence-electron chi connectivity index (χ1n) is 6.05. The summed E-state index contributed by atoms with van der Waals surface area (Å²) >= 11 is 0.668. The third kappa shape index (κ3) is 2.52. The molecule has 1 saturated heterocycles. The van der Waals surface area contributed by atoms with E-state index in [1.807, 2.05) is 6.92 Å². The van der Waals surface area contributed by atoms with Crippen molar-refractivity contribution in [2.45, 2.75) is 18.1 Å². The third-order valence-electron chi connectivity index (χ3n) is 3.44. The fourth-order valence-electron chi connectivity index (χ4n) is 2.33. The van der Waals surface area contributed by atoms with Gasteiger partial charge < -0.3 is 9.72 Å². The van der Waals surface area contributed by atoms with Crippen molar-refractivity contribution in [1.29, 1.82) is 0 Å². The van der Waals surface area contributed by atoms with Gasteiger partial charge in [-0.25, -0.2) is 8.42 Å². The highest BCUT2D eigenvalue weighted by Gasteiger charge is 2.42. The lowest BCUT2D eigenvalue weighted by atomic mass is 9.99. The van der Waals surface area contributed by atoms with Crippen molar-refractivity contribution in [3.05, 3.63) is 15.4 Å². The van der Waals surface area contributed by atoms with Gasteiger partial charge in [-0.1, -0.05) is 18.3 Å². The predicted octanol–water partition coefficient (Wildman–Crippen LogP) is 0.174. The zero-order valence-electron chi connectivity index (χ0n) is 11.4. The Morgan fingerprint density at radius 2 is 2.10 bits per heavy atom. The third-order valence-corrected chi connectivity index (χ3v) is 6.85. The summed E-state index contributed by atoms with van der Waals surface area (Å²) in [5, 5.41) is 0. The highest BCUT2D eigenvalue weighted by atomic mass is 32.2. The lowest BCUT2D eigenvalue weighted by Gasteiger charge is -2.15. The minimum absolute atomic E-state index is 0.0141. The van der Waals surface area contributed by atoms with Crippen LogP contribution in [0.3, 0.4) is 0 Å². The number of aromatic nitrogens is 1. The van der Waals surface area contributed by atoms with Gasteiger partial charge in [-0.3, -0.25) is 9.59 Å². The molecule has 1 aromatic rings. The van der Waals surface area contributed by atoms with E-state index < -0.39 is 26.8 Å². The van der Waals surface area contributed by atoms with Gasteiger partial charge in [0.25, 0.3) is 10.0 Å². The minimum atomic E-state index is -3.74. The second-order valence-corrected chi connectivity index (χ2v) is 7.97. The van der Waals surface area contributed by atoms with Crippen LogP contribution in [0.15, 0.2) is 9.00 Å². The van der Waals surface area contributed by atoms with Crippen LogP contribution in [-0.4, -0.2) is 43.9 Å². The second-order valence-electron chi connectivity index (χ2n) is 4.86. The molecule has 2 heterocycles. The number of ether oxygens (including phenoxy) is 1. The molecule has 112 valence electrons. The Morgan fingerprint density at radius 3 is 2.60 bits per heavy atom. The first-order chi connectivity index (χ1) is 9.27. The van der Waals surface area contributed by atoms with Crippen LogP contribution in [0.1, 0.15) is 12.6 Å². The van der Waals surface area contributed by atoms with Gasteiger partial charge in [0.2, 0.25) is 0 Å². The number of carbonyl (C=O) groups is 1. The Kier molecular flexibility index (Phi) is 4.03. The van der Waals surface area contributed by atoms with E-state index in [-0.39, 0.29) is 23.2 Å².